The number of benzene rings is 1. The van der Waals surface area contributed by atoms with Gasteiger partial charge in [0, 0.05) is 48.1 Å². The van der Waals surface area contributed by atoms with Gasteiger partial charge in [0.05, 0.1) is 25.0 Å². The number of fused-ring (bicyclic) bond motifs is 1. The molecule has 0 aliphatic carbocycles. The molecule has 4 heterocycles. The Morgan fingerprint density at radius 2 is 1.94 bits per heavy atom. The molecule has 1 fully saturated rings. The molecule has 0 bridgehead atoms. The molecule has 0 unspecified atom stereocenters. The molecule has 7 nitrogen and oxygen atoms in total. The third-order valence-electron chi connectivity index (χ3n) is 5.75. The highest BCUT2D eigenvalue weighted by Gasteiger charge is 2.26. The number of morpholine rings is 1. The second-order valence-corrected chi connectivity index (χ2v) is 8.01. The fourth-order valence-electron chi connectivity index (χ4n) is 3.90. The summed E-state index contributed by atoms with van der Waals surface area (Å²) in [5, 5.41) is 4.85. The molecule has 164 valence electrons. The number of ether oxygens (including phenoxy) is 1. The Balaban J connectivity index is 1.62. The predicted octanol–water partition coefficient (Wildman–Crippen LogP) is 3.90. The number of halogens is 2. The zero-order valence-corrected chi connectivity index (χ0v) is 18.0. The van der Waals surface area contributed by atoms with Crippen molar-refractivity contribution in [3.05, 3.63) is 65.1 Å². The van der Waals surface area contributed by atoms with Crippen molar-refractivity contribution >= 4 is 17.0 Å². The third-order valence-corrected chi connectivity index (χ3v) is 5.75. The van der Waals surface area contributed by atoms with Gasteiger partial charge in [-0.3, -0.25) is 4.68 Å². The molecule has 1 aliphatic rings. The van der Waals surface area contributed by atoms with Crippen molar-refractivity contribution in [3.63, 3.8) is 0 Å². The van der Waals surface area contributed by atoms with Gasteiger partial charge in [-0.15, -0.1) is 0 Å². The predicted molar refractivity (Wildman–Crippen MR) is 116 cm³/mol. The molecule has 0 saturated carbocycles. The molecule has 1 saturated heterocycles. The number of nitrogens with zero attached hydrogens (tertiary/aromatic N) is 6. The van der Waals surface area contributed by atoms with Gasteiger partial charge >= 0.3 is 0 Å². The van der Waals surface area contributed by atoms with E-state index in [1.54, 1.807) is 10.9 Å². The monoisotopic (exact) mass is 436 g/mol. The molecule has 4 aromatic rings. The second-order valence-electron chi connectivity index (χ2n) is 8.01. The molecule has 3 aromatic heterocycles. The fraction of sp³-hybridized carbons (Fsp3) is 0.304. The summed E-state index contributed by atoms with van der Waals surface area (Å²) in [4.78, 5) is 16.1. The van der Waals surface area contributed by atoms with Crippen LogP contribution in [0.2, 0.25) is 0 Å². The molecule has 32 heavy (non-hydrogen) atoms. The molecule has 1 atom stereocenters. The van der Waals surface area contributed by atoms with E-state index in [9.17, 15) is 8.78 Å². The van der Waals surface area contributed by atoms with E-state index in [0.717, 1.165) is 22.9 Å². The molecule has 0 radical (unpaired) electrons. The molecular formula is C23H22F2N6O. The van der Waals surface area contributed by atoms with E-state index < -0.39 is 11.6 Å². The van der Waals surface area contributed by atoms with Crippen molar-refractivity contribution in [2.24, 2.45) is 7.05 Å². The van der Waals surface area contributed by atoms with Crippen LogP contribution in [-0.4, -0.2) is 44.4 Å². The van der Waals surface area contributed by atoms with Gasteiger partial charge in [-0.05, 0) is 37.6 Å². The Kier molecular flexibility index (Phi) is 5.05. The molecule has 0 amide bonds. The highest BCUT2D eigenvalue weighted by molar-refractivity contribution is 5.92. The Morgan fingerprint density at radius 1 is 1.09 bits per heavy atom. The van der Waals surface area contributed by atoms with Crippen LogP contribution in [0, 0.1) is 25.5 Å². The number of anilines is 1. The maximum absolute atomic E-state index is 14.7. The minimum Gasteiger partial charge on any atom is -0.370 e. The first-order chi connectivity index (χ1) is 15.4. The Hall–Kier alpha value is -3.46. The van der Waals surface area contributed by atoms with Crippen molar-refractivity contribution < 1.29 is 13.5 Å². The highest BCUT2D eigenvalue weighted by atomic mass is 19.1. The van der Waals surface area contributed by atoms with Gasteiger partial charge in [-0.25, -0.2) is 18.7 Å². The SMILES string of the molecule is Cc1cc2c(-c3ccc(F)cc3F)nc(N3CCO[C@@H](c4cnn(C)c4)C3)nc2nc1C. The van der Waals surface area contributed by atoms with Crippen molar-refractivity contribution in [3.8, 4) is 11.3 Å². The van der Waals surface area contributed by atoms with Crippen LogP contribution in [0.25, 0.3) is 22.3 Å². The molecular weight excluding hydrogens is 414 g/mol. The first kappa shape index (κ1) is 20.4. The van der Waals surface area contributed by atoms with E-state index >= 15 is 0 Å². The van der Waals surface area contributed by atoms with Crippen molar-refractivity contribution in [2.75, 3.05) is 24.6 Å². The van der Waals surface area contributed by atoms with Crippen LogP contribution in [-0.2, 0) is 11.8 Å². The fourth-order valence-corrected chi connectivity index (χ4v) is 3.90. The first-order valence-corrected chi connectivity index (χ1v) is 10.4. The molecule has 0 spiro atoms. The lowest BCUT2D eigenvalue weighted by molar-refractivity contribution is 0.0392. The van der Waals surface area contributed by atoms with Gasteiger partial charge in [0.1, 0.15) is 17.7 Å². The van der Waals surface area contributed by atoms with E-state index in [-0.39, 0.29) is 11.7 Å². The second kappa shape index (κ2) is 7.90. The first-order valence-electron chi connectivity index (χ1n) is 10.4. The largest absolute Gasteiger partial charge is 0.370 e. The molecule has 1 aromatic carbocycles. The van der Waals surface area contributed by atoms with Crippen molar-refractivity contribution in [1.29, 1.82) is 0 Å². The van der Waals surface area contributed by atoms with Gasteiger partial charge in [-0.1, -0.05) is 0 Å². The lowest BCUT2D eigenvalue weighted by Gasteiger charge is -2.32. The summed E-state index contributed by atoms with van der Waals surface area (Å²) in [5.41, 5.74) is 3.82. The Labute approximate surface area is 183 Å². The zero-order chi connectivity index (χ0) is 22.4. The van der Waals surface area contributed by atoms with Crippen LogP contribution in [0.1, 0.15) is 22.9 Å². The lowest BCUT2D eigenvalue weighted by Crippen LogP contribution is -2.39. The maximum atomic E-state index is 14.7. The number of pyridine rings is 1. The summed E-state index contributed by atoms with van der Waals surface area (Å²) < 4.78 is 36.0. The summed E-state index contributed by atoms with van der Waals surface area (Å²) >= 11 is 0. The normalized spacial score (nSPS) is 16.7. The summed E-state index contributed by atoms with van der Waals surface area (Å²) in [6, 6.07) is 5.40. The van der Waals surface area contributed by atoms with E-state index in [2.05, 4.69) is 10.1 Å². The van der Waals surface area contributed by atoms with Crippen molar-refractivity contribution in [1.82, 2.24) is 24.7 Å². The van der Waals surface area contributed by atoms with Gasteiger partial charge in [-0.2, -0.15) is 10.1 Å². The smallest absolute Gasteiger partial charge is 0.228 e. The van der Waals surface area contributed by atoms with Crippen LogP contribution in [0.4, 0.5) is 14.7 Å². The van der Waals surface area contributed by atoms with Gasteiger partial charge in [0.2, 0.25) is 5.95 Å². The summed E-state index contributed by atoms with van der Waals surface area (Å²) in [6.45, 7) is 5.43. The summed E-state index contributed by atoms with van der Waals surface area (Å²) in [7, 11) is 1.86. The zero-order valence-electron chi connectivity index (χ0n) is 18.0. The molecule has 0 N–H and O–H groups in total. The van der Waals surface area contributed by atoms with Crippen LogP contribution >= 0.6 is 0 Å². The quantitative estimate of drug-likeness (QED) is 0.485. The number of aromatic nitrogens is 5. The van der Waals surface area contributed by atoms with Crippen LogP contribution in [0.5, 0.6) is 0 Å². The van der Waals surface area contributed by atoms with Gasteiger partial charge in [0.25, 0.3) is 0 Å². The van der Waals surface area contributed by atoms with Crippen molar-refractivity contribution in [2.45, 2.75) is 20.0 Å². The Bertz CT molecular complexity index is 1320. The van der Waals surface area contributed by atoms with Crippen LogP contribution in [0.3, 0.4) is 0 Å². The van der Waals surface area contributed by atoms with E-state index in [1.807, 2.05) is 38.1 Å². The number of rotatable bonds is 3. The topological polar surface area (TPSA) is 69.0 Å². The van der Waals surface area contributed by atoms with E-state index in [4.69, 9.17) is 14.7 Å². The van der Waals surface area contributed by atoms with E-state index in [0.29, 0.717) is 42.4 Å². The maximum Gasteiger partial charge on any atom is 0.228 e. The van der Waals surface area contributed by atoms with Gasteiger partial charge in [0.15, 0.2) is 5.65 Å². The highest BCUT2D eigenvalue weighted by Crippen LogP contribution is 2.32. The van der Waals surface area contributed by atoms with Gasteiger partial charge < -0.3 is 9.64 Å². The number of aryl methyl sites for hydroxylation is 3. The molecule has 5 rings (SSSR count). The number of hydrogen-bond acceptors (Lipinski definition) is 6. The summed E-state index contributed by atoms with van der Waals surface area (Å²) in [5.74, 6) is -0.879. The molecule has 9 heteroatoms. The molecule has 1 aliphatic heterocycles. The van der Waals surface area contributed by atoms with Crippen LogP contribution < -0.4 is 4.90 Å². The van der Waals surface area contributed by atoms with E-state index in [1.165, 1.54) is 12.1 Å². The standard InChI is InChI=1S/C23H22F2N6O/c1-13-8-18-21(17-5-4-16(24)9-19(17)25)28-23(29-22(18)27-14(13)2)31-6-7-32-20(12-31)15-10-26-30(3)11-15/h4-5,8-11,20H,6-7,12H2,1-3H3/t20-/m1/s1. The average Bonchev–Trinajstić information content (AvgIpc) is 3.21. The minimum absolute atomic E-state index is 0.185. The average molecular weight is 436 g/mol. The third kappa shape index (κ3) is 3.69. The summed E-state index contributed by atoms with van der Waals surface area (Å²) in [6.07, 6.45) is 3.51. The number of hydrogen-bond donors (Lipinski definition) is 0. The van der Waals surface area contributed by atoms with Crippen LogP contribution in [0.15, 0.2) is 36.7 Å². The minimum atomic E-state index is -0.676. The Morgan fingerprint density at radius 3 is 2.69 bits per heavy atom. The lowest BCUT2D eigenvalue weighted by atomic mass is 10.1.